The van der Waals surface area contributed by atoms with Gasteiger partial charge in [-0.1, -0.05) is 12.1 Å². The van der Waals surface area contributed by atoms with E-state index >= 15 is 0 Å². The van der Waals surface area contributed by atoms with Gasteiger partial charge in [0, 0.05) is 25.6 Å². The zero-order chi connectivity index (χ0) is 18.1. The third kappa shape index (κ3) is 5.60. The van der Waals surface area contributed by atoms with Crippen LogP contribution in [0.1, 0.15) is 12.0 Å². The van der Waals surface area contributed by atoms with Crippen LogP contribution in [0.5, 0.6) is 17.2 Å². The van der Waals surface area contributed by atoms with Gasteiger partial charge in [-0.2, -0.15) is 0 Å². The third-order valence-corrected chi connectivity index (χ3v) is 3.72. The van der Waals surface area contributed by atoms with Gasteiger partial charge in [0.2, 0.25) is 5.91 Å². The molecule has 2 N–H and O–H groups in total. The van der Waals surface area contributed by atoms with E-state index < -0.39 is 0 Å². The van der Waals surface area contributed by atoms with Gasteiger partial charge in [-0.3, -0.25) is 4.79 Å². The lowest BCUT2D eigenvalue weighted by Crippen LogP contribution is -2.24. The average molecular weight is 344 g/mol. The number of hydrogen-bond donors (Lipinski definition) is 2. The van der Waals surface area contributed by atoms with E-state index in [0.717, 1.165) is 22.7 Å². The summed E-state index contributed by atoms with van der Waals surface area (Å²) in [6.45, 7) is 1.01. The molecule has 0 radical (unpaired) electrons. The van der Waals surface area contributed by atoms with Crippen molar-refractivity contribution in [3.8, 4) is 17.2 Å². The fourth-order valence-electron chi connectivity index (χ4n) is 2.29. The van der Waals surface area contributed by atoms with Crippen molar-refractivity contribution in [3.05, 3.63) is 48.0 Å². The van der Waals surface area contributed by atoms with Gasteiger partial charge in [0.15, 0.2) is 0 Å². The molecular weight excluding hydrogens is 320 g/mol. The van der Waals surface area contributed by atoms with Crippen LogP contribution >= 0.6 is 0 Å². The molecule has 0 bridgehead atoms. The van der Waals surface area contributed by atoms with E-state index in [1.165, 1.54) is 0 Å². The predicted octanol–water partition coefficient (Wildman–Crippen LogP) is 2.83. The Kier molecular flexibility index (Phi) is 6.95. The maximum Gasteiger partial charge on any atom is 0.222 e. The Morgan fingerprint density at radius 1 is 0.920 bits per heavy atom. The molecule has 0 spiro atoms. The maximum atomic E-state index is 12.0. The number of hydrogen-bond acceptors (Lipinski definition) is 5. The fourth-order valence-corrected chi connectivity index (χ4v) is 2.29. The van der Waals surface area contributed by atoms with E-state index in [2.05, 4.69) is 10.6 Å². The second-order valence-electron chi connectivity index (χ2n) is 5.37. The number of amides is 1. The molecule has 0 aliphatic carbocycles. The third-order valence-electron chi connectivity index (χ3n) is 3.72. The van der Waals surface area contributed by atoms with Gasteiger partial charge >= 0.3 is 0 Å². The standard InChI is InChI=1S/C19H24N2O4/c1-23-15-6-4-14(5-7-15)13-21-19(22)10-11-20-17-9-8-16(24-2)12-18(17)25-3/h4-9,12,20H,10-11,13H2,1-3H3,(H,21,22). The summed E-state index contributed by atoms with van der Waals surface area (Å²) in [6.07, 6.45) is 0.366. The number of nitrogens with one attached hydrogen (secondary N) is 2. The van der Waals surface area contributed by atoms with Crippen molar-refractivity contribution in [1.82, 2.24) is 5.32 Å². The predicted molar refractivity (Wildman–Crippen MR) is 97.5 cm³/mol. The van der Waals surface area contributed by atoms with Crippen molar-refractivity contribution in [2.75, 3.05) is 33.2 Å². The SMILES string of the molecule is COc1ccc(CNC(=O)CCNc2ccc(OC)cc2OC)cc1. The minimum Gasteiger partial charge on any atom is -0.497 e. The lowest BCUT2D eigenvalue weighted by atomic mass is 10.2. The van der Waals surface area contributed by atoms with Crippen LogP contribution in [-0.4, -0.2) is 33.8 Å². The lowest BCUT2D eigenvalue weighted by molar-refractivity contribution is -0.121. The van der Waals surface area contributed by atoms with Crippen LogP contribution in [0.2, 0.25) is 0 Å². The lowest BCUT2D eigenvalue weighted by Gasteiger charge is -2.12. The van der Waals surface area contributed by atoms with Crippen LogP contribution in [0.15, 0.2) is 42.5 Å². The molecule has 0 heterocycles. The Bertz CT molecular complexity index is 686. The summed E-state index contributed by atoms with van der Waals surface area (Å²) in [4.78, 5) is 12.0. The molecule has 2 rings (SSSR count). The van der Waals surface area contributed by atoms with Crippen molar-refractivity contribution >= 4 is 11.6 Å². The molecule has 0 aliphatic rings. The summed E-state index contributed by atoms with van der Waals surface area (Å²) in [5.41, 5.74) is 1.85. The van der Waals surface area contributed by atoms with Gasteiger partial charge in [0.1, 0.15) is 17.2 Å². The zero-order valence-corrected chi connectivity index (χ0v) is 14.8. The van der Waals surface area contributed by atoms with E-state index in [0.29, 0.717) is 25.3 Å². The topological polar surface area (TPSA) is 68.8 Å². The quantitative estimate of drug-likeness (QED) is 0.732. The van der Waals surface area contributed by atoms with Crippen molar-refractivity contribution in [2.45, 2.75) is 13.0 Å². The summed E-state index contributed by atoms with van der Waals surface area (Å²) in [5.74, 6) is 2.18. The molecule has 0 atom stereocenters. The Morgan fingerprint density at radius 2 is 1.60 bits per heavy atom. The highest BCUT2D eigenvalue weighted by molar-refractivity contribution is 5.76. The van der Waals surface area contributed by atoms with Gasteiger partial charge in [-0.25, -0.2) is 0 Å². The van der Waals surface area contributed by atoms with Crippen molar-refractivity contribution < 1.29 is 19.0 Å². The first kappa shape index (κ1) is 18.4. The zero-order valence-electron chi connectivity index (χ0n) is 14.8. The van der Waals surface area contributed by atoms with Crippen LogP contribution in [0.25, 0.3) is 0 Å². The van der Waals surface area contributed by atoms with E-state index in [4.69, 9.17) is 14.2 Å². The first-order valence-electron chi connectivity index (χ1n) is 8.01. The normalized spacial score (nSPS) is 10.0. The van der Waals surface area contributed by atoms with E-state index in [1.807, 2.05) is 36.4 Å². The summed E-state index contributed by atoms with van der Waals surface area (Å²) in [7, 11) is 4.83. The number of anilines is 1. The Labute approximate surface area is 148 Å². The van der Waals surface area contributed by atoms with Gasteiger partial charge < -0.3 is 24.8 Å². The van der Waals surface area contributed by atoms with E-state index in [-0.39, 0.29) is 5.91 Å². The molecule has 134 valence electrons. The minimum atomic E-state index is -0.0178. The molecule has 0 aromatic heterocycles. The monoisotopic (exact) mass is 344 g/mol. The molecule has 25 heavy (non-hydrogen) atoms. The van der Waals surface area contributed by atoms with Gasteiger partial charge in [0.05, 0.1) is 27.0 Å². The van der Waals surface area contributed by atoms with Gasteiger partial charge in [-0.15, -0.1) is 0 Å². The van der Waals surface area contributed by atoms with Crippen LogP contribution in [0.3, 0.4) is 0 Å². The second-order valence-corrected chi connectivity index (χ2v) is 5.37. The number of methoxy groups -OCH3 is 3. The number of ether oxygens (including phenoxy) is 3. The van der Waals surface area contributed by atoms with E-state index in [9.17, 15) is 4.79 Å². The van der Waals surface area contributed by atoms with Crippen LogP contribution < -0.4 is 24.8 Å². The van der Waals surface area contributed by atoms with Crippen LogP contribution in [0, 0.1) is 0 Å². The number of carbonyl (C=O) groups excluding carboxylic acids is 1. The first-order chi connectivity index (χ1) is 12.2. The molecule has 0 saturated carbocycles. The molecule has 2 aromatic carbocycles. The second kappa shape index (κ2) is 9.42. The van der Waals surface area contributed by atoms with Crippen LogP contribution in [0.4, 0.5) is 5.69 Å². The average Bonchev–Trinajstić information content (AvgIpc) is 2.66. The van der Waals surface area contributed by atoms with Crippen molar-refractivity contribution in [3.63, 3.8) is 0 Å². The van der Waals surface area contributed by atoms with Gasteiger partial charge in [0.25, 0.3) is 0 Å². The molecule has 0 aliphatic heterocycles. The molecule has 0 saturated heterocycles. The number of carbonyl (C=O) groups is 1. The Balaban J connectivity index is 1.76. The van der Waals surface area contributed by atoms with Crippen molar-refractivity contribution in [1.29, 1.82) is 0 Å². The molecule has 6 nitrogen and oxygen atoms in total. The van der Waals surface area contributed by atoms with Gasteiger partial charge in [-0.05, 0) is 29.8 Å². The van der Waals surface area contributed by atoms with E-state index in [1.54, 1.807) is 27.4 Å². The largest absolute Gasteiger partial charge is 0.497 e. The fraction of sp³-hybridized carbons (Fsp3) is 0.316. The highest BCUT2D eigenvalue weighted by Gasteiger charge is 2.06. The Morgan fingerprint density at radius 3 is 2.24 bits per heavy atom. The molecule has 2 aromatic rings. The smallest absolute Gasteiger partial charge is 0.222 e. The summed E-state index contributed by atoms with van der Waals surface area (Å²) >= 11 is 0. The Hall–Kier alpha value is -2.89. The molecular formula is C19H24N2O4. The minimum absolute atomic E-state index is 0.0178. The van der Waals surface area contributed by atoms with Crippen LogP contribution in [-0.2, 0) is 11.3 Å². The molecule has 0 fully saturated rings. The molecule has 1 amide bonds. The van der Waals surface area contributed by atoms with Crippen molar-refractivity contribution in [2.24, 2.45) is 0 Å². The number of benzene rings is 2. The number of rotatable bonds is 9. The first-order valence-corrected chi connectivity index (χ1v) is 8.01. The highest BCUT2D eigenvalue weighted by Crippen LogP contribution is 2.28. The highest BCUT2D eigenvalue weighted by atomic mass is 16.5. The summed E-state index contributed by atoms with van der Waals surface area (Å²) < 4.78 is 15.6. The summed E-state index contributed by atoms with van der Waals surface area (Å²) in [5, 5.41) is 6.10. The molecule has 6 heteroatoms. The summed E-state index contributed by atoms with van der Waals surface area (Å²) in [6, 6.07) is 13.1. The maximum absolute atomic E-state index is 12.0. The molecule has 0 unspecified atom stereocenters.